The van der Waals surface area contributed by atoms with Gasteiger partial charge in [0.15, 0.2) is 0 Å². The number of carbonyl (C=O) groups excluding carboxylic acids is 2. The van der Waals surface area contributed by atoms with Gasteiger partial charge in [0.2, 0.25) is 21.8 Å². The average molecular weight is 566 g/mol. The summed E-state index contributed by atoms with van der Waals surface area (Å²) in [5.41, 5.74) is 2.41. The van der Waals surface area contributed by atoms with Crippen molar-refractivity contribution in [2.24, 2.45) is 0 Å². The van der Waals surface area contributed by atoms with Crippen molar-refractivity contribution in [2.45, 2.75) is 62.6 Å². The molecule has 4 rings (SSSR count). The van der Waals surface area contributed by atoms with E-state index in [4.69, 9.17) is 0 Å². The van der Waals surface area contributed by atoms with Gasteiger partial charge in [-0.3, -0.25) is 9.59 Å². The minimum Gasteiger partial charge on any atom is -0.352 e. The highest BCUT2D eigenvalue weighted by Crippen LogP contribution is 2.21. The van der Waals surface area contributed by atoms with Gasteiger partial charge in [-0.05, 0) is 55.2 Å². The van der Waals surface area contributed by atoms with E-state index in [-0.39, 0.29) is 29.8 Å². The first-order valence-corrected chi connectivity index (χ1v) is 15.0. The first-order chi connectivity index (χ1) is 19.1. The van der Waals surface area contributed by atoms with E-state index in [2.05, 4.69) is 5.32 Å². The number of benzene rings is 3. The number of likely N-dealkylation sites (N-methyl/N-ethyl adjacent to an activating group) is 1. The molecule has 0 heterocycles. The van der Waals surface area contributed by atoms with Crippen LogP contribution in [0.3, 0.4) is 0 Å². The molecule has 0 unspecified atom stereocenters. The Kier molecular flexibility index (Phi) is 9.71. The lowest BCUT2D eigenvalue weighted by atomic mass is 10.0. The number of halogens is 1. The van der Waals surface area contributed by atoms with Crippen LogP contribution in [0.1, 0.15) is 42.4 Å². The van der Waals surface area contributed by atoms with Crippen LogP contribution in [0.25, 0.3) is 0 Å². The molecule has 2 amide bonds. The van der Waals surface area contributed by atoms with Crippen molar-refractivity contribution in [2.75, 3.05) is 13.6 Å². The number of nitrogens with zero attached hydrogens (tertiary/aromatic N) is 2. The van der Waals surface area contributed by atoms with E-state index in [1.165, 1.54) is 36.2 Å². The van der Waals surface area contributed by atoms with Crippen LogP contribution in [0, 0.1) is 12.7 Å². The van der Waals surface area contributed by atoms with Gasteiger partial charge in [0.1, 0.15) is 11.9 Å². The molecule has 9 heteroatoms. The molecule has 1 fully saturated rings. The first-order valence-electron chi connectivity index (χ1n) is 13.5. The van der Waals surface area contributed by atoms with Crippen molar-refractivity contribution in [3.8, 4) is 0 Å². The Hall–Kier alpha value is -3.56. The maximum absolute atomic E-state index is 13.9. The molecule has 40 heavy (non-hydrogen) atoms. The summed E-state index contributed by atoms with van der Waals surface area (Å²) >= 11 is 0. The minimum atomic E-state index is -3.95. The standard InChI is InChI=1S/C31H36FN3O4S/c1-23-12-18-28(19-13-23)40(38,39)34(2)22-30(36)35(21-25-14-16-26(32)17-15-25)29(20-24-8-4-3-5-9-24)31(37)33-27-10-6-7-11-27/h3-5,8-9,12-19,27,29H,6-7,10-11,20-22H2,1-2H3,(H,33,37)/t29-/m1/s1. The molecular formula is C31H36FN3O4S. The third-order valence-corrected chi connectivity index (χ3v) is 9.14. The molecule has 0 aliphatic heterocycles. The first kappa shape index (κ1) is 29.4. The summed E-state index contributed by atoms with van der Waals surface area (Å²) in [6, 6.07) is 20.7. The van der Waals surface area contributed by atoms with Gasteiger partial charge in [-0.2, -0.15) is 4.31 Å². The quantitative estimate of drug-likeness (QED) is 0.372. The normalized spacial score (nSPS) is 14.7. The third kappa shape index (κ3) is 7.55. The monoisotopic (exact) mass is 565 g/mol. The molecule has 1 atom stereocenters. The molecule has 1 aliphatic rings. The molecule has 3 aromatic carbocycles. The van der Waals surface area contributed by atoms with E-state index in [0.29, 0.717) is 5.56 Å². The third-order valence-electron chi connectivity index (χ3n) is 7.33. The van der Waals surface area contributed by atoms with Gasteiger partial charge in [-0.15, -0.1) is 0 Å². The van der Waals surface area contributed by atoms with Gasteiger partial charge in [0, 0.05) is 26.1 Å². The maximum Gasteiger partial charge on any atom is 0.243 e. The Bertz CT molecular complexity index is 1390. The number of hydrogen-bond acceptors (Lipinski definition) is 4. The van der Waals surface area contributed by atoms with Gasteiger partial charge in [-0.1, -0.05) is 73.0 Å². The lowest BCUT2D eigenvalue weighted by Crippen LogP contribution is -2.54. The fraction of sp³-hybridized carbons (Fsp3) is 0.355. The van der Waals surface area contributed by atoms with E-state index >= 15 is 0 Å². The fourth-order valence-corrected chi connectivity index (χ4v) is 6.08. The second-order valence-electron chi connectivity index (χ2n) is 10.4. The van der Waals surface area contributed by atoms with Crippen molar-refractivity contribution in [3.63, 3.8) is 0 Å². The van der Waals surface area contributed by atoms with Gasteiger partial charge in [-0.25, -0.2) is 12.8 Å². The minimum absolute atomic E-state index is 0.0210. The summed E-state index contributed by atoms with van der Waals surface area (Å²) in [7, 11) is -2.60. The van der Waals surface area contributed by atoms with Gasteiger partial charge < -0.3 is 10.2 Å². The highest BCUT2D eigenvalue weighted by Gasteiger charge is 2.34. The maximum atomic E-state index is 13.9. The number of carbonyl (C=O) groups is 2. The Labute approximate surface area is 236 Å². The molecule has 0 spiro atoms. The van der Waals surface area contributed by atoms with Crippen LogP contribution in [-0.2, 0) is 32.6 Å². The number of sulfonamides is 1. The number of hydrogen-bond donors (Lipinski definition) is 1. The molecule has 0 radical (unpaired) electrons. The van der Waals surface area contributed by atoms with Crippen LogP contribution in [0.5, 0.6) is 0 Å². The highest BCUT2D eigenvalue weighted by atomic mass is 32.2. The topological polar surface area (TPSA) is 86.8 Å². The van der Waals surface area contributed by atoms with Crippen LogP contribution in [0.2, 0.25) is 0 Å². The van der Waals surface area contributed by atoms with E-state index in [9.17, 15) is 22.4 Å². The van der Waals surface area contributed by atoms with Crippen LogP contribution >= 0.6 is 0 Å². The summed E-state index contributed by atoms with van der Waals surface area (Å²) in [5, 5.41) is 3.12. The smallest absolute Gasteiger partial charge is 0.243 e. The Morgan fingerprint density at radius 2 is 1.55 bits per heavy atom. The average Bonchev–Trinajstić information content (AvgIpc) is 3.45. The SMILES string of the molecule is Cc1ccc(S(=O)(=O)N(C)CC(=O)N(Cc2ccc(F)cc2)[C@H](Cc2ccccc2)C(=O)NC2CCCC2)cc1. The van der Waals surface area contributed by atoms with Crippen molar-refractivity contribution < 1.29 is 22.4 Å². The largest absolute Gasteiger partial charge is 0.352 e. The number of rotatable bonds is 11. The van der Waals surface area contributed by atoms with Crippen LogP contribution in [0.4, 0.5) is 4.39 Å². The number of aryl methyl sites for hydroxylation is 1. The number of amides is 2. The predicted molar refractivity (Wildman–Crippen MR) is 152 cm³/mol. The molecule has 7 nitrogen and oxygen atoms in total. The molecule has 212 valence electrons. The highest BCUT2D eigenvalue weighted by molar-refractivity contribution is 7.89. The van der Waals surface area contributed by atoms with Crippen LogP contribution in [0.15, 0.2) is 83.8 Å². The fourth-order valence-electron chi connectivity index (χ4n) is 4.96. The zero-order valence-electron chi connectivity index (χ0n) is 22.9. The van der Waals surface area contributed by atoms with Crippen LogP contribution < -0.4 is 5.32 Å². The van der Waals surface area contributed by atoms with Gasteiger partial charge in [0.25, 0.3) is 0 Å². The second-order valence-corrected chi connectivity index (χ2v) is 12.5. The van der Waals surface area contributed by atoms with E-state index < -0.39 is 34.3 Å². The summed E-state index contributed by atoms with van der Waals surface area (Å²) in [4.78, 5) is 29.1. The Morgan fingerprint density at radius 3 is 2.17 bits per heavy atom. The van der Waals surface area contributed by atoms with E-state index in [0.717, 1.165) is 41.1 Å². The Morgan fingerprint density at radius 1 is 0.925 bits per heavy atom. The molecular weight excluding hydrogens is 529 g/mol. The summed E-state index contributed by atoms with van der Waals surface area (Å²) in [6.07, 6.45) is 4.09. The summed E-state index contributed by atoms with van der Waals surface area (Å²) in [5.74, 6) is -1.22. The van der Waals surface area contributed by atoms with Crippen LogP contribution in [-0.4, -0.2) is 55.1 Å². The molecule has 1 saturated carbocycles. The van der Waals surface area contributed by atoms with Crippen molar-refractivity contribution in [1.29, 1.82) is 0 Å². The zero-order valence-corrected chi connectivity index (χ0v) is 23.7. The van der Waals surface area contributed by atoms with Crippen molar-refractivity contribution >= 4 is 21.8 Å². The Balaban J connectivity index is 1.65. The van der Waals surface area contributed by atoms with E-state index in [1.54, 1.807) is 24.3 Å². The lowest BCUT2D eigenvalue weighted by Gasteiger charge is -2.33. The number of nitrogens with one attached hydrogen (secondary N) is 1. The predicted octanol–water partition coefficient (Wildman–Crippen LogP) is 4.45. The second kappa shape index (κ2) is 13.2. The van der Waals surface area contributed by atoms with Gasteiger partial charge in [0.05, 0.1) is 11.4 Å². The summed E-state index contributed by atoms with van der Waals surface area (Å²) < 4.78 is 41.2. The van der Waals surface area contributed by atoms with Gasteiger partial charge >= 0.3 is 0 Å². The summed E-state index contributed by atoms with van der Waals surface area (Å²) in [6.45, 7) is 1.42. The van der Waals surface area contributed by atoms with E-state index in [1.807, 2.05) is 37.3 Å². The molecule has 0 bridgehead atoms. The molecule has 1 N–H and O–H groups in total. The molecule has 0 aromatic heterocycles. The van der Waals surface area contributed by atoms with Crippen molar-refractivity contribution in [1.82, 2.24) is 14.5 Å². The molecule has 0 saturated heterocycles. The molecule has 3 aromatic rings. The molecule has 1 aliphatic carbocycles. The van der Waals surface area contributed by atoms with Crippen molar-refractivity contribution in [3.05, 3.63) is 101 Å². The lowest BCUT2D eigenvalue weighted by molar-refractivity contribution is -0.141. The zero-order chi connectivity index (χ0) is 28.7.